The van der Waals surface area contributed by atoms with Gasteiger partial charge in [0.2, 0.25) is 5.91 Å². The van der Waals surface area contributed by atoms with E-state index in [1.54, 1.807) is 54.6 Å². The lowest BCUT2D eigenvalue weighted by molar-refractivity contribution is -0.130. The summed E-state index contributed by atoms with van der Waals surface area (Å²) in [5.74, 6) is -1.90. The molecule has 0 aromatic heterocycles. The van der Waals surface area contributed by atoms with Gasteiger partial charge in [0.1, 0.15) is 5.82 Å². The Morgan fingerprint density at radius 1 is 0.788 bits per heavy atom. The second kappa shape index (κ2) is 9.99. The zero-order chi connectivity index (χ0) is 23.2. The maximum atomic E-state index is 13.1. The third kappa shape index (κ3) is 5.57. The number of carboxylic acid groups (broad SMARTS) is 1. The Balaban J connectivity index is 1.36. The number of rotatable bonds is 6. The number of carboxylic acids is 1. The number of carbonyl (C=O) groups is 2. The van der Waals surface area contributed by atoms with Crippen LogP contribution >= 0.6 is 0 Å². The van der Waals surface area contributed by atoms with E-state index in [9.17, 15) is 19.1 Å². The molecule has 0 bridgehead atoms. The zero-order valence-electron chi connectivity index (χ0n) is 17.9. The largest absolute Gasteiger partial charge is 0.478 e. The number of anilines is 3. The molecular formula is C26H24FN3O3. The summed E-state index contributed by atoms with van der Waals surface area (Å²) in [5.41, 5.74) is 3.04. The second-order valence-electron chi connectivity index (χ2n) is 7.72. The average Bonchev–Trinajstić information content (AvgIpc) is 2.84. The number of amides is 1. The highest BCUT2D eigenvalue weighted by atomic mass is 19.1. The third-order valence-electron chi connectivity index (χ3n) is 5.56. The van der Waals surface area contributed by atoms with Gasteiger partial charge in [-0.2, -0.15) is 0 Å². The Hall–Kier alpha value is -4.13. The van der Waals surface area contributed by atoms with E-state index < -0.39 is 11.9 Å². The molecule has 1 fully saturated rings. The molecule has 6 nitrogen and oxygen atoms in total. The van der Waals surface area contributed by atoms with Crippen LogP contribution in [-0.4, -0.2) is 43.2 Å². The van der Waals surface area contributed by atoms with Gasteiger partial charge in [0.25, 0.3) is 0 Å². The molecule has 0 radical (unpaired) electrons. The predicted molar refractivity (Wildman–Crippen MR) is 128 cm³/mol. The first-order valence-corrected chi connectivity index (χ1v) is 10.7. The normalized spacial score (nSPS) is 14.2. The molecule has 0 atom stereocenters. The van der Waals surface area contributed by atoms with Crippen molar-refractivity contribution >= 4 is 34.5 Å². The SMILES string of the molecule is O=C(/C=C(\C(=O)O)c1ccccc1)Nc1ccc(N2CCN(c3ccc(F)cc3)CC2)cc1. The van der Waals surface area contributed by atoms with Crippen molar-refractivity contribution in [2.75, 3.05) is 41.3 Å². The molecule has 0 spiro atoms. The molecule has 4 rings (SSSR count). The maximum absolute atomic E-state index is 13.1. The Bertz CT molecular complexity index is 1140. The van der Waals surface area contributed by atoms with E-state index in [-0.39, 0.29) is 11.4 Å². The van der Waals surface area contributed by atoms with Gasteiger partial charge in [0.15, 0.2) is 0 Å². The number of piperazine rings is 1. The van der Waals surface area contributed by atoms with Crippen molar-refractivity contribution in [2.45, 2.75) is 0 Å². The zero-order valence-corrected chi connectivity index (χ0v) is 17.9. The van der Waals surface area contributed by atoms with Gasteiger partial charge in [-0.15, -0.1) is 0 Å². The highest BCUT2D eigenvalue weighted by Crippen LogP contribution is 2.23. The minimum Gasteiger partial charge on any atom is -0.478 e. The second-order valence-corrected chi connectivity index (χ2v) is 7.72. The third-order valence-corrected chi connectivity index (χ3v) is 5.56. The molecular weight excluding hydrogens is 421 g/mol. The molecule has 33 heavy (non-hydrogen) atoms. The smallest absolute Gasteiger partial charge is 0.336 e. The standard InChI is InChI=1S/C26H24FN3O3/c27-20-6-10-22(11-7-20)29-14-16-30(17-15-29)23-12-8-21(9-13-23)28-25(31)18-24(26(32)33)19-4-2-1-3-5-19/h1-13,18H,14-17H2,(H,28,31)(H,32,33)/b24-18-. The molecule has 168 valence electrons. The van der Waals surface area contributed by atoms with Crippen LogP contribution in [0.3, 0.4) is 0 Å². The van der Waals surface area contributed by atoms with Crippen LogP contribution in [-0.2, 0) is 9.59 Å². The first kappa shape index (κ1) is 22.1. The topological polar surface area (TPSA) is 72.9 Å². The van der Waals surface area contributed by atoms with Crippen molar-refractivity contribution in [2.24, 2.45) is 0 Å². The molecule has 0 unspecified atom stereocenters. The van der Waals surface area contributed by atoms with Crippen LogP contribution in [0, 0.1) is 5.82 Å². The lowest BCUT2D eigenvalue weighted by Gasteiger charge is -2.37. The van der Waals surface area contributed by atoms with Crippen molar-refractivity contribution in [3.8, 4) is 0 Å². The Morgan fingerprint density at radius 2 is 1.30 bits per heavy atom. The minimum absolute atomic E-state index is 0.0660. The molecule has 1 saturated heterocycles. The van der Waals surface area contributed by atoms with Crippen molar-refractivity contribution in [3.05, 3.63) is 96.3 Å². The monoisotopic (exact) mass is 445 g/mol. The van der Waals surface area contributed by atoms with Crippen molar-refractivity contribution < 1.29 is 19.1 Å². The molecule has 0 aliphatic carbocycles. The van der Waals surface area contributed by atoms with E-state index in [1.165, 1.54) is 12.1 Å². The molecule has 3 aromatic carbocycles. The number of nitrogens with one attached hydrogen (secondary N) is 1. The summed E-state index contributed by atoms with van der Waals surface area (Å²) < 4.78 is 13.1. The predicted octanol–water partition coefficient (Wildman–Crippen LogP) is 4.26. The summed E-state index contributed by atoms with van der Waals surface area (Å²) in [6, 6.07) is 22.5. The van der Waals surface area contributed by atoms with Crippen LogP contribution in [0.1, 0.15) is 5.56 Å². The van der Waals surface area contributed by atoms with Gasteiger partial charge in [-0.25, -0.2) is 9.18 Å². The molecule has 2 N–H and O–H groups in total. The first-order chi connectivity index (χ1) is 16.0. The summed E-state index contributed by atoms with van der Waals surface area (Å²) in [4.78, 5) is 28.4. The van der Waals surface area contributed by atoms with Crippen LogP contribution in [0.4, 0.5) is 21.5 Å². The highest BCUT2D eigenvalue weighted by molar-refractivity contribution is 6.21. The number of nitrogens with zero attached hydrogens (tertiary/aromatic N) is 2. The van der Waals surface area contributed by atoms with E-state index in [0.717, 1.165) is 43.6 Å². The number of hydrogen-bond donors (Lipinski definition) is 2. The van der Waals surface area contributed by atoms with Crippen LogP contribution in [0.15, 0.2) is 84.9 Å². The number of carbonyl (C=O) groups excluding carboxylic acids is 1. The molecule has 1 heterocycles. The van der Waals surface area contributed by atoms with Crippen LogP contribution in [0.2, 0.25) is 0 Å². The molecule has 1 aliphatic rings. The van der Waals surface area contributed by atoms with E-state index in [4.69, 9.17) is 0 Å². The summed E-state index contributed by atoms with van der Waals surface area (Å²) >= 11 is 0. The van der Waals surface area contributed by atoms with Gasteiger partial charge in [-0.1, -0.05) is 30.3 Å². The number of benzene rings is 3. The summed E-state index contributed by atoms with van der Waals surface area (Å²) in [6.45, 7) is 3.30. The van der Waals surface area contributed by atoms with E-state index in [1.807, 2.05) is 12.1 Å². The van der Waals surface area contributed by atoms with E-state index in [0.29, 0.717) is 11.3 Å². The quantitative estimate of drug-likeness (QED) is 0.555. The van der Waals surface area contributed by atoms with Gasteiger partial charge in [0, 0.05) is 49.3 Å². The number of aliphatic carboxylic acids is 1. The average molecular weight is 445 g/mol. The van der Waals surface area contributed by atoms with Gasteiger partial charge in [0.05, 0.1) is 5.57 Å². The number of hydrogen-bond acceptors (Lipinski definition) is 4. The molecule has 1 aliphatic heterocycles. The summed E-state index contributed by atoms with van der Waals surface area (Å²) in [6.07, 6.45) is 1.10. The van der Waals surface area contributed by atoms with Gasteiger partial charge >= 0.3 is 5.97 Å². The summed E-state index contributed by atoms with van der Waals surface area (Å²) in [5, 5.41) is 12.2. The van der Waals surface area contributed by atoms with Crippen LogP contribution in [0.5, 0.6) is 0 Å². The lowest BCUT2D eigenvalue weighted by atomic mass is 10.1. The van der Waals surface area contributed by atoms with Crippen molar-refractivity contribution in [3.63, 3.8) is 0 Å². The summed E-state index contributed by atoms with van der Waals surface area (Å²) in [7, 11) is 0. The van der Waals surface area contributed by atoms with Crippen molar-refractivity contribution in [1.82, 2.24) is 0 Å². The first-order valence-electron chi connectivity index (χ1n) is 10.7. The van der Waals surface area contributed by atoms with E-state index >= 15 is 0 Å². The van der Waals surface area contributed by atoms with Crippen LogP contribution < -0.4 is 15.1 Å². The fourth-order valence-corrected chi connectivity index (χ4v) is 3.83. The fourth-order valence-electron chi connectivity index (χ4n) is 3.83. The van der Waals surface area contributed by atoms with Crippen LogP contribution in [0.25, 0.3) is 5.57 Å². The van der Waals surface area contributed by atoms with Gasteiger partial charge in [-0.3, -0.25) is 4.79 Å². The number of halogens is 1. The minimum atomic E-state index is -1.16. The lowest BCUT2D eigenvalue weighted by Crippen LogP contribution is -2.46. The fraction of sp³-hybridized carbons (Fsp3) is 0.154. The maximum Gasteiger partial charge on any atom is 0.336 e. The van der Waals surface area contributed by atoms with Gasteiger partial charge < -0.3 is 20.2 Å². The molecule has 3 aromatic rings. The molecule has 1 amide bonds. The Morgan fingerprint density at radius 3 is 1.82 bits per heavy atom. The van der Waals surface area contributed by atoms with E-state index in [2.05, 4.69) is 15.1 Å². The Labute approximate surface area is 191 Å². The van der Waals surface area contributed by atoms with Crippen molar-refractivity contribution in [1.29, 1.82) is 0 Å². The molecule has 7 heteroatoms. The highest BCUT2D eigenvalue weighted by Gasteiger charge is 2.18. The molecule has 0 saturated carbocycles. The Kier molecular flexibility index (Phi) is 6.69. The van der Waals surface area contributed by atoms with Gasteiger partial charge in [-0.05, 0) is 54.1 Å².